The molecule has 1 aliphatic heterocycles. The number of aryl methyl sites for hydroxylation is 1. The molecule has 0 aromatic heterocycles. The highest BCUT2D eigenvalue weighted by Crippen LogP contribution is 2.40. The highest BCUT2D eigenvalue weighted by atomic mass is 35.5. The minimum atomic E-state index is -0.644. The minimum absolute atomic E-state index is 0.0922. The normalized spacial score (nSPS) is 19.1. The van der Waals surface area contributed by atoms with Gasteiger partial charge in [-0.2, -0.15) is 0 Å². The zero-order valence-corrected chi connectivity index (χ0v) is 19.5. The molecule has 1 saturated carbocycles. The number of ether oxygens (including phenoxy) is 1. The van der Waals surface area contributed by atoms with E-state index in [9.17, 15) is 19.7 Å². The number of carbonyl (C=O) groups is 2. The van der Waals surface area contributed by atoms with Gasteiger partial charge in [-0.15, -0.1) is 0 Å². The second-order valence-electron chi connectivity index (χ2n) is 7.77. The molecule has 0 bridgehead atoms. The zero-order valence-electron chi connectivity index (χ0n) is 17.9. The first kappa shape index (κ1) is 23.1. The van der Waals surface area contributed by atoms with Crippen molar-refractivity contribution in [3.63, 3.8) is 0 Å². The number of hydrogen-bond donors (Lipinski definition) is 1. The van der Waals surface area contributed by atoms with Crippen LogP contribution >= 0.6 is 23.4 Å². The molecule has 0 spiro atoms. The smallest absolute Gasteiger partial charge is 0.271 e. The molecule has 1 heterocycles. The van der Waals surface area contributed by atoms with E-state index in [-0.39, 0.29) is 35.5 Å². The molecule has 1 saturated heterocycles. The summed E-state index contributed by atoms with van der Waals surface area (Å²) in [5, 5.41) is 14.2. The third kappa shape index (κ3) is 5.12. The molecular formula is C22H21ClN4O5S. The van der Waals surface area contributed by atoms with E-state index in [1.54, 1.807) is 11.0 Å². The first-order chi connectivity index (χ1) is 15.8. The Bertz CT molecular complexity index is 1170. The number of nitro benzene ring substituents is 1. The number of hydrogen-bond acceptors (Lipinski definition) is 7. The first-order valence-electron chi connectivity index (χ1n) is 10.2. The second kappa shape index (κ2) is 9.40. The summed E-state index contributed by atoms with van der Waals surface area (Å²) in [5.74, 6) is -0.326. The Labute approximate surface area is 199 Å². The summed E-state index contributed by atoms with van der Waals surface area (Å²) in [6.07, 6.45) is 1.68. The standard InChI is InChI=1S/C22H21ClN4O5S/c1-12-3-4-13(9-16(12)23)24-22-26(14-5-6-14)21(29)19(33-22)11-20(28)25-17-10-15(27(30)31)7-8-18(17)32-2/h3-4,7-10,14,19H,5-6,11H2,1-2H3,(H,25,28)/t19-/m1/s1. The van der Waals surface area contributed by atoms with Crippen LogP contribution in [0.5, 0.6) is 5.75 Å². The van der Waals surface area contributed by atoms with Crippen molar-refractivity contribution in [2.45, 2.75) is 37.5 Å². The maximum absolute atomic E-state index is 13.1. The lowest BCUT2D eigenvalue weighted by atomic mass is 10.2. The molecule has 0 unspecified atom stereocenters. The van der Waals surface area contributed by atoms with Crippen LogP contribution in [-0.4, -0.2) is 45.2 Å². The van der Waals surface area contributed by atoms with E-state index in [1.165, 1.54) is 37.1 Å². The highest BCUT2D eigenvalue weighted by molar-refractivity contribution is 8.15. The number of thioether (sulfide) groups is 1. The molecule has 11 heteroatoms. The van der Waals surface area contributed by atoms with E-state index < -0.39 is 16.1 Å². The van der Waals surface area contributed by atoms with Crippen molar-refractivity contribution >= 4 is 57.4 Å². The van der Waals surface area contributed by atoms with Gasteiger partial charge in [0.1, 0.15) is 11.0 Å². The Kier molecular flexibility index (Phi) is 6.57. The number of amides is 2. The SMILES string of the molecule is COc1ccc([N+](=O)[O-])cc1NC(=O)C[C@H]1SC(=Nc2ccc(C)c(Cl)c2)N(C2CC2)C1=O. The predicted molar refractivity (Wildman–Crippen MR) is 127 cm³/mol. The quantitative estimate of drug-likeness (QED) is 0.446. The van der Waals surface area contributed by atoms with Crippen LogP contribution in [-0.2, 0) is 9.59 Å². The molecule has 1 aliphatic carbocycles. The van der Waals surface area contributed by atoms with Crippen molar-refractivity contribution in [3.05, 3.63) is 57.1 Å². The van der Waals surface area contributed by atoms with Crippen LogP contribution in [0.15, 0.2) is 41.4 Å². The van der Waals surface area contributed by atoms with Gasteiger partial charge in [0.25, 0.3) is 5.69 Å². The van der Waals surface area contributed by atoms with Crippen LogP contribution in [0.1, 0.15) is 24.8 Å². The van der Waals surface area contributed by atoms with Crippen LogP contribution < -0.4 is 10.1 Å². The summed E-state index contributed by atoms with van der Waals surface area (Å²) >= 11 is 7.45. The molecule has 0 radical (unpaired) electrons. The second-order valence-corrected chi connectivity index (χ2v) is 9.34. The number of amidine groups is 1. The number of anilines is 1. The number of aliphatic imine (C=N–C) groups is 1. The number of benzene rings is 2. The number of nitro groups is 1. The monoisotopic (exact) mass is 488 g/mol. The summed E-state index contributed by atoms with van der Waals surface area (Å²) in [4.78, 5) is 42.6. The average molecular weight is 489 g/mol. The Balaban J connectivity index is 1.51. The molecule has 2 aromatic rings. The molecule has 9 nitrogen and oxygen atoms in total. The lowest BCUT2D eigenvalue weighted by Crippen LogP contribution is -2.35. The maximum atomic E-state index is 13.1. The van der Waals surface area contributed by atoms with Gasteiger partial charge in [0.05, 0.1) is 23.4 Å². The maximum Gasteiger partial charge on any atom is 0.271 e. The number of halogens is 1. The minimum Gasteiger partial charge on any atom is -0.495 e. The first-order valence-corrected chi connectivity index (χ1v) is 11.5. The molecular weight excluding hydrogens is 468 g/mol. The Morgan fingerprint density at radius 1 is 1.33 bits per heavy atom. The number of carbonyl (C=O) groups excluding carboxylic acids is 2. The average Bonchev–Trinajstić information content (AvgIpc) is 3.56. The van der Waals surface area contributed by atoms with E-state index in [4.69, 9.17) is 16.3 Å². The lowest BCUT2D eigenvalue weighted by molar-refractivity contribution is -0.384. The fraction of sp³-hybridized carbons (Fsp3) is 0.318. The van der Waals surface area contributed by atoms with Gasteiger partial charge in [-0.3, -0.25) is 24.6 Å². The van der Waals surface area contributed by atoms with Crippen molar-refractivity contribution < 1.29 is 19.2 Å². The Hall–Kier alpha value is -3.11. The Morgan fingerprint density at radius 3 is 2.73 bits per heavy atom. The van der Waals surface area contributed by atoms with Gasteiger partial charge in [-0.1, -0.05) is 29.4 Å². The van der Waals surface area contributed by atoms with E-state index in [0.29, 0.717) is 15.9 Å². The van der Waals surface area contributed by atoms with Gasteiger partial charge in [0, 0.05) is 29.6 Å². The van der Waals surface area contributed by atoms with Crippen LogP contribution in [0, 0.1) is 17.0 Å². The fourth-order valence-corrected chi connectivity index (χ4v) is 4.79. The van der Waals surface area contributed by atoms with Gasteiger partial charge in [0.2, 0.25) is 11.8 Å². The summed E-state index contributed by atoms with van der Waals surface area (Å²) in [6, 6.07) is 9.46. The number of rotatable bonds is 7. The molecule has 2 fully saturated rings. The molecule has 1 atom stereocenters. The van der Waals surface area contributed by atoms with Crippen molar-refractivity contribution in [1.29, 1.82) is 0 Å². The largest absolute Gasteiger partial charge is 0.495 e. The topological polar surface area (TPSA) is 114 Å². The predicted octanol–water partition coefficient (Wildman–Crippen LogP) is 4.69. The summed E-state index contributed by atoms with van der Waals surface area (Å²) < 4.78 is 5.18. The molecule has 33 heavy (non-hydrogen) atoms. The molecule has 2 aromatic carbocycles. The van der Waals surface area contributed by atoms with Crippen molar-refractivity contribution in [3.8, 4) is 5.75 Å². The summed E-state index contributed by atoms with van der Waals surface area (Å²) in [7, 11) is 1.40. The van der Waals surface area contributed by atoms with Crippen LogP contribution in [0.3, 0.4) is 0 Å². The van der Waals surface area contributed by atoms with Crippen molar-refractivity contribution in [2.24, 2.45) is 4.99 Å². The summed E-state index contributed by atoms with van der Waals surface area (Å²) in [6.45, 7) is 1.90. The van der Waals surface area contributed by atoms with Gasteiger partial charge in [-0.25, -0.2) is 4.99 Å². The molecule has 2 amide bonds. The van der Waals surface area contributed by atoms with Crippen molar-refractivity contribution in [1.82, 2.24) is 4.90 Å². The van der Waals surface area contributed by atoms with Gasteiger partial charge in [-0.05, 0) is 43.5 Å². The number of nitrogens with one attached hydrogen (secondary N) is 1. The molecule has 4 rings (SSSR count). The Morgan fingerprint density at radius 2 is 2.09 bits per heavy atom. The van der Waals surface area contributed by atoms with E-state index >= 15 is 0 Å². The zero-order chi connectivity index (χ0) is 23.7. The van der Waals surface area contributed by atoms with E-state index in [0.717, 1.165) is 18.4 Å². The van der Waals surface area contributed by atoms with Crippen LogP contribution in [0.4, 0.5) is 17.1 Å². The third-order valence-corrected chi connectivity index (χ3v) is 6.86. The van der Waals surface area contributed by atoms with E-state index in [1.807, 2.05) is 19.1 Å². The van der Waals surface area contributed by atoms with Crippen LogP contribution in [0.2, 0.25) is 5.02 Å². The van der Waals surface area contributed by atoms with Gasteiger partial charge in [0.15, 0.2) is 5.17 Å². The van der Waals surface area contributed by atoms with Crippen LogP contribution in [0.25, 0.3) is 0 Å². The van der Waals surface area contributed by atoms with E-state index in [2.05, 4.69) is 10.3 Å². The fourth-order valence-electron chi connectivity index (χ4n) is 3.40. The lowest BCUT2D eigenvalue weighted by Gasteiger charge is -2.15. The molecule has 1 N–H and O–H groups in total. The number of non-ortho nitro benzene ring substituents is 1. The molecule has 172 valence electrons. The number of nitrogens with zero attached hydrogens (tertiary/aromatic N) is 3. The highest BCUT2D eigenvalue weighted by Gasteiger charge is 2.46. The third-order valence-electron chi connectivity index (χ3n) is 5.30. The summed E-state index contributed by atoms with van der Waals surface area (Å²) in [5.41, 5.74) is 1.57. The van der Waals surface area contributed by atoms with Gasteiger partial charge >= 0.3 is 0 Å². The van der Waals surface area contributed by atoms with Gasteiger partial charge < -0.3 is 10.1 Å². The molecule has 2 aliphatic rings. The number of methoxy groups -OCH3 is 1. The van der Waals surface area contributed by atoms with Crippen molar-refractivity contribution in [2.75, 3.05) is 12.4 Å².